The normalized spacial score (nSPS) is 20.8. The van der Waals surface area contributed by atoms with E-state index in [0.717, 1.165) is 28.8 Å². The Morgan fingerprint density at radius 3 is 1.98 bits per heavy atom. The number of nitrogens with zero attached hydrogens (tertiary/aromatic N) is 3. The highest BCUT2D eigenvalue weighted by Gasteiger charge is 2.49. The molecule has 0 aliphatic carbocycles. The van der Waals surface area contributed by atoms with Crippen molar-refractivity contribution in [1.29, 1.82) is 0 Å². The Morgan fingerprint density at radius 1 is 0.812 bits per heavy atom. The molecular weight excluding hydrogens is 618 g/mol. The quantitative estimate of drug-likeness (QED) is 0.166. The summed E-state index contributed by atoms with van der Waals surface area (Å²) in [7, 11) is 0. The van der Waals surface area contributed by atoms with E-state index in [9.17, 15) is 13.6 Å². The van der Waals surface area contributed by atoms with Gasteiger partial charge in [-0.05, 0) is 28.8 Å². The highest BCUT2D eigenvalue weighted by Crippen LogP contribution is 2.34. The summed E-state index contributed by atoms with van der Waals surface area (Å²) in [6.07, 6.45) is -1.60. The van der Waals surface area contributed by atoms with E-state index in [0.29, 0.717) is 6.61 Å². The Morgan fingerprint density at radius 2 is 1.40 bits per heavy atom. The molecule has 0 bridgehead atoms. The van der Waals surface area contributed by atoms with E-state index in [-0.39, 0.29) is 37.0 Å². The van der Waals surface area contributed by atoms with E-state index in [1.807, 2.05) is 91.0 Å². The zero-order chi connectivity index (χ0) is 33.3. The van der Waals surface area contributed by atoms with Gasteiger partial charge >= 0.3 is 0 Å². The number of ether oxygens (including phenoxy) is 4. The molecule has 1 amide bonds. The third kappa shape index (κ3) is 8.36. The van der Waals surface area contributed by atoms with Crippen LogP contribution in [0.2, 0.25) is 0 Å². The Bertz CT molecular complexity index is 1760. The number of carbonyl (C=O) groups excluding carboxylic acids is 1. The van der Waals surface area contributed by atoms with Crippen molar-refractivity contribution >= 4 is 5.91 Å². The lowest BCUT2D eigenvalue weighted by molar-refractivity contribution is -0.251. The summed E-state index contributed by atoms with van der Waals surface area (Å²) in [5.74, 6) is -1.81. The Hall–Kier alpha value is -4.81. The molecule has 0 saturated carbocycles. The van der Waals surface area contributed by atoms with Crippen LogP contribution in [0.3, 0.4) is 0 Å². The number of hydrogen-bond donors (Lipinski definition) is 1. The van der Waals surface area contributed by atoms with Crippen LogP contribution in [-0.2, 0) is 43.6 Å². The second kappa shape index (κ2) is 15.9. The van der Waals surface area contributed by atoms with Gasteiger partial charge in [0.15, 0.2) is 6.23 Å². The van der Waals surface area contributed by atoms with Gasteiger partial charge in [0.1, 0.15) is 41.7 Å². The van der Waals surface area contributed by atoms with E-state index in [1.54, 1.807) is 0 Å². The fraction of sp³-hybridized carbons (Fsp3) is 0.270. The van der Waals surface area contributed by atoms with Gasteiger partial charge in [-0.25, -0.2) is 13.5 Å². The highest BCUT2D eigenvalue weighted by molar-refractivity contribution is 5.73. The summed E-state index contributed by atoms with van der Waals surface area (Å²) >= 11 is 0. The monoisotopic (exact) mass is 654 g/mol. The van der Waals surface area contributed by atoms with Crippen molar-refractivity contribution in [2.45, 2.75) is 57.3 Å². The average Bonchev–Trinajstić information content (AvgIpc) is 3.58. The van der Waals surface area contributed by atoms with Crippen molar-refractivity contribution in [3.8, 4) is 11.3 Å². The molecule has 2 heterocycles. The van der Waals surface area contributed by atoms with E-state index < -0.39 is 42.2 Å². The van der Waals surface area contributed by atoms with Gasteiger partial charge in [-0.3, -0.25) is 4.79 Å². The lowest BCUT2D eigenvalue weighted by atomic mass is 9.95. The van der Waals surface area contributed by atoms with E-state index in [4.69, 9.17) is 18.9 Å². The van der Waals surface area contributed by atoms with Crippen molar-refractivity contribution in [1.82, 2.24) is 20.3 Å². The first-order chi connectivity index (χ1) is 23.4. The number of halogens is 2. The third-order valence-electron chi connectivity index (χ3n) is 7.98. The molecule has 1 aliphatic heterocycles. The first kappa shape index (κ1) is 33.1. The molecule has 1 fully saturated rings. The molecular formula is C37H36F2N4O5. The number of rotatable bonds is 13. The molecule has 0 radical (unpaired) electrons. The third-order valence-corrected chi connectivity index (χ3v) is 7.98. The van der Waals surface area contributed by atoms with Gasteiger partial charge in [0.2, 0.25) is 5.91 Å². The fourth-order valence-corrected chi connectivity index (χ4v) is 5.69. The van der Waals surface area contributed by atoms with Gasteiger partial charge in [-0.2, -0.15) is 0 Å². The standard InChI is InChI=1S/C37H36F2N4O5/c1-25(44)40-34-36(47-23-28-15-9-4-10-16-28)35(46-22-27-13-7-3-8-14-27)33(24-45-21-26-11-5-2-6-12-26)48-37(34)43-20-32(41-42-43)30-18-17-29(38)19-31(30)39/h2-20,33-37H,21-24H2,1H3,(H,40,44)/t33-,34+,35+,36-,37?/m1/s1. The second-order valence-corrected chi connectivity index (χ2v) is 11.5. The largest absolute Gasteiger partial charge is 0.374 e. The lowest BCUT2D eigenvalue weighted by Crippen LogP contribution is -2.63. The molecule has 1 aliphatic rings. The number of amides is 1. The van der Waals surface area contributed by atoms with Crippen LogP contribution in [0.5, 0.6) is 0 Å². The Kier molecular flexibility index (Phi) is 10.9. The highest BCUT2D eigenvalue weighted by atomic mass is 19.1. The average molecular weight is 655 g/mol. The van der Waals surface area contributed by atoms with Crippen molar-refractivity contribution < 1.29 is 32.5 Å². The fourth-order valence-electron chi connectivity index (χ4n) is 5.69. The molecule has 5 aromatic rings. The Balaban J connectivity index is 1.35. The van der Waals surface area contributed by atoms with Gasteiger partial charge < -0.3 is 24.3 Å². The van der Waals surface area contributed by atoms with Crippen LogP contribution in [0.1, 0.15) is 29.8 Å². The van der Waals surface area contributed by atoms with Gasteiger partial charge in [-0.15, -0.1) is 5.10 Å². The zero-order valence-corrected chi connectivity index (χ0v) is 26.3. The van der Waals surface area contributed by atoms with Gasteiger partial charge in [0.05, 0.1) is 32.6 Å². The van der Waals surface area contributed by atoms with Gasteiger partial charge in [0.25, 0.3) is 0 Å². The van der Waals surface area contributed by atoms with Crippen molar-refractivity contribution in [2.75, 3.05) is 6.61 Å². The van der Waals surface area contributed by atoms with Crippen LogP contribution in [0.25, 0.3) is 11.3 Å². The molecule has 1 N–H and O–H groups in total. The van der Waals surface area contributed by atoms with Crippen LogP contribution in [0, 0.1) is 11.6 Å². The maximum Gasteiger partial charge on any atom is 0.217 e. The van der Waals surface area contributed by atoms with E-state index in [2.05, 4.69) is 15.6 Å². The predicted octanol–water partition coefficient (Wildman–Crippen LogP) is 6.01. The van der Waals surface area contributed by atoms with Crippen LogP contribution in [0.4, 0.5) is 8.78 Å². The first-order valence-electron chi connectivity index (χ1n) is 15.7. The number of benzene rings is 4. The molecule has 4 aromatic carbocycles. The summed E-state index contributed by atoms with van der Waals surface area (Å²) in [6, 6.07) is 31.6. The lowest BCUT2D eigenvalue weighted by Gasteiger charge is -2.46. The summed E-state index contributed by atoms with van der Waals surface area (Å²) in [5, 5.41) is 11.4. The molecule has 9 nitrogen and oxygen atoms in total. The molecule has 248 valence electrons. The van der Waals surface area contributed by atoms with Crippen molar-refractivity contribution in [2.24, 2.45) is 0 Å². The SMILES string of the molecule is CC(=O)N[C@@H]1C(n2cc(-c3ccc(F)cc3F)nn2)O[C@H](COCc2ccccc2)[C@H](OCc2ccccc2)[C@@H]1OCc1ccccc1. The van der Waals surface area contributed by atoms with Crippen molar-refractivity contribution in [3.63, 3.8) is 0 Å². The molecule has 1 unspecified atom stereocenters. The molecule has 48 heavy (non-hydrogen) atoms. The number of nitrogens with one attached hydrogen (secondary N) is 1. The summed E-state index contributed by atoms with van der Waals surface area (Å²) in [5.41, 5.74) is 3.10. The number of aromatic nitrogens is 3. The Labute approximate surface area is 277 Å². The predicted molar refractivity (Wildman–Crippen MR) is 173 cm³/mol. The molecule has 5 atom stereocenters. The van der Waals surface area contributed by atoms with Crippen LogP contribution >= 0.6 is 0 Å². The smallest absolute Gasteiger partial charge is 0.217 e. The van der Waals surface area contributed by atoms with Gasteiger partial charge in [0, 0.05) is 18.6 Å². The molecule has 11 heteroatoms. The van der Waals surface area contributed by atoms with Gasteiger partial charge in [-0.1, -0.05) is 96.2 Å². The van der Waals surface area contributed by atoms with Crippen LogP contribution < -0.4 is 5.32 Å². The van der Waals surface area contributed by atoms with E-state index in [1.165, 1.54) is 23.9 Å². The summed E-state index contributed by atoms with van der Waals surface area (Å²) in [4.78, 5) is 12.7. The molecule has 1 saturated heterocycles. The number of hydrogen-bond acceptors (Lipinski definition) is 7. The van der Waals surface area contributed by atoms with Crippen LogP contribution in [0.15, 0.2) is 115 Å². The van der Waals surface area contributed by atoms with E-state index >= 15 is 0 Å². The van der Waals surface area contributed by atoms with Crippen molar-refractivity contribution in [3.05, 3.63) is 144 Å². The zero-order valence-electron chi connectivity index (χ0n) is 26.3. The minimum atomic E-state index is -0.957. The maximum atomic E-state index is 14.7. The second-order valence-electron chi connectivity index (χ2n) is 11.5. The molecule has 0 spiro atoms. The summed E-state index contributed by atoms with van der Waals surface area (Å²) < 4.78 is 55.8. The summed E-state index contributed by atoms with van der Waals surface area (Å²) in [6.45, 7) is 2.33. The minimum Gasteiger partial charge on any atom is -0.374 e. The minimum absolute atomic E-state index is 0.0678. The number of carbonyl (C=O) groups is 1. The molecule has 6 rings (SSSR count). The maximum absolute atomic E-state index is 14.7. The van der Waals surface area contributed by atoms with Crippen LogP contribution in [-0.4, -0.2) is 51.9 Å². The topological polar surface area (TPSA) is 96.7 Å². The molecule has 1 aromatic heterocycles. The first-order valence-corrected chi connectivity index (χ1v) is 15.7.